The van der Waals surface area contributed by atoms with Crippen LogP contribution in [0.3, 0.4) is 0 Å². The van der Waals surface area contributed by atoms with Crippen molar-refractivity contribution in [2.24, 2.45) is 0 Å². The summed E-state index contributed by atoms with van der Waals surface area (Å²) in [5.74, 6) is 1.16. The molecule has 0 saturated heterocycles. The van der Waals surface area contributed by atoms with Crippen molar-refractivity contribution in [2.45, 2.75) is 62.5 Å². The molecular formula is C17H27NS. The van der Waals surface area contributed by atoms with Crippen LogP contribution in [0.4, 0.5) is 0 Å². The van der Waals surface area contributed by atoms with Crippen molar-refractivity contribution in [1.29, 1.82) is 0 Å². The molecule has 106 valence electrons. The van der Waals surface area contributed by atoms with Crippen LogP contribution in [-0.2, 0) is 5.75 Å². The van der Waals surface area contributed by atoms with Gasteiger partial charge in [-0.3, -0.25) is 0 Å². The van der Waals surface area contributed by atoms with Gasteiger partial charge in [0.1, 0.15) is 0 Å². The normalized spacial score (nSPS) is 24.7. The highest BCUT2D eigenvalue weighted by Crippen LogP contribution is 2.29. The Morgan fingerprint density at radius 3 is 2.68 bits per heavy atom. The molecule has 0 amide bonds. The van der Waals surface area contributed by atoms with E-state index in [4.69, 9.17) is 0 Å². The second kappa shape index (κ2) is 7.96. The maximum absolute atomic E-state index is 3.55. The highest BCUT2D eigenvalue weighted by atomic mass is 32.2. The zero-order chi connectivity index (χ0) is 13.5. The van der Waals surface area contributed by atoms with Crippen molar-refractivity contribution in [1.82, 2.24) is 5.32 Å². The van der Waals surface area contributed by atoms with Gasteiger partial charge in [-0.05, 0) is 32.4 Å². The molecule has 2 heteroatoms. The predicted molar refractivity (Wildman–Crippen MR) is 86.8 cm³/mol. The van der Waals surface area contributed by atoms with E-state index < -0.39 is 0 Å². The summed E-state index contributed by atoms with van der Waals surface area (Å²) in [6.07, 6.45) is 8.38. The van der Waals surface area contributed by atoms with Crippen LogP contribution in [-0.4, -0.2) is 18.3 Å². The summed E-state index contributed by atoms with van der Waals surface area (Å²) < 4.78 is 0. The van der Waals surface area contributed by atoms with E-state index >= 15 is 0 Å². The third-order valence-corrected chi connectivity index (χ3v) is 5.61. The van der Waals surface area contributed by atoms with Crippen LogP contribution in [0, 0.1) is 6.92 Å². The van der Waals surface area contributed by atoms with Crippen molar-refractivity contribution in [2.75, 3.05) is 7.05 Å². The quantitative estimate of drug-likeness (QED) is 0.867. The fourth-order valence-electron chi connectivity index (χ4n) is 2.99. The van der Waals surface area contributed by atoms with Crippen molar-refractivity contribution in [3.8, 4) is 0 Å². The number of hydrogen-bond donors (Lipinski definition) is 1. The standard InChI is InChI=1S/C17H27NS/c1-14-8-7-9-15(12-14)13-19-17-11-6-4-3-5-10-16(17)18-2/h7-9,12,16-18H,3-6,10-11,13H2,1-2H3. The van der Waals surface area contributed by atoms with Crippen LogP contribution < -0.4 is 5.32 Å². The molecule has 1 saturated carbocycles. The zero-order valence-corrected chi connectivity index (χ0v) is 13.1. The Morgan fingerprint density at radius 2 is 1.95 bits per heavy atom. The maximum atomic E-state index is 3.55. The lowest BCUT2D eigenvalue weighted by atomic mass is 9.96. The lowest BCUT2D eigenvalue weighted by Gasteiger charge is -2.28. The van der Waals surface area contributed by atoms with Crippen molar-refractivity contribution in [3.05, 3.63) is 35.4 Å². The van der Waals surface area contributed by atoms with Crippen molar-refractivity contribution in [3.63, 3.8) is 0 Å². The molecule has 0 radical (unpaired) electrons. The highest BCUT2D eigenvalue weighted by molar-refractivity contribution is 7.99. The van der Waals surface area contributed by atoms with Gasteiger partial charge < -0.3 is 5.32 Å². The molecule has 1 aliphatic carbocycles. The van der Waals surface area contributed by atoms with Crippen molar-refractivity contribution >= 4 is 11.8 Å². The summed E-state index contributed by atoms with van der Waals surface area (Å²) in [5, 5.41) is 4.33. The minimum atomic E-state index is 0.704. The average molecular weight is 277 g/mol. The van der Waals surface area contributed by atoms with Gasteiger partial charge in [-0.2, -0.15) is 11.8 Å². The molecule has 2 unspecified atom stereocenters. The maximum Gasteiger partial charge on any atom is 0.0204 e. The Hall–Kier alpha value is -0.470. The van der Waals surface area contributed by atoms with Crippen LogP contribution in [0.25, 0.3) is 0 Å². The minimum absolute atomic E-state index is 0.704. The number of thioether (sulfide) groups is 1. The highest BCUT2D eigenvalue weighted by Gasteiger charge is 2.21. The van der Waals surface area contributed by atoms with Gasteiger partial charge in [0.05, 0.1) is 0 Å². The molecule has 19 heavy (non-hydrogen) atoms. The Kier molecular flexibility index (Phi) is 6.25. The summed E-state index contributed by atoms with van der Waals surface area (Å²) in [5.41, 5.74) is 2.85. The molecular weight excluding hydrogens is 250 g/mol. The van der Waals surface area contributed by atoms with Gasteiger partial charge in [-0.25, -0.2) is 0 Å². The Balaban J connectivity index is 1.91. The predicted octanol–water partition coefficient (Wildman–Crippen LogP) is 4.54. The van der Waals surface area contributed by atoms with E-state index in [-0.39, 0.29) is 0 Å². The van der Waals surface area contributed by atoms with Crippen LogP contribution in [0.5, 0.6) is 0 Å². The average Bonchev–Trinajstić information content (AvgIpc) is 2.38. The molecule has 1 aliphatic rings. The summed E-state index contributed by atoms with van der Waals surface area (Å²) in [4.78, 5) is 0. The topological polar surface area (TPSA) is 12.0 Å². The van der Waals surface area contributed by atoms with Crippen LogP contribution >= 0.6 is 11.8 Å². The molecule has 2 atom stereocenters. The Bertz CT molecular complexity index is 377. The smallest absolute Gasteiger partial charge is 0.0204 e. The molecule has 0 heterocycles. The molecule has 1 aromatic carbocycles. The third-order valence-electron chi connectivity index (χ3n) is 4.12. The summed E-state index contributed by atoms with van der Waals surface area (Å²) in [7, 11) is 2.13. The number of benzene rings is 1. The first-order valence-electron chi connectivity index (χ1n) is 7.64. The molecule has 1 nitrogen and oxygen atoms in total. The number of aryl methyl sites for hydroxylation is 1. The Labute approximate surface area is 122 Å². The van der Waals surface area contributed by atoms with Gasteiger partial charge in [0.2, 0.25) is 0 Å². The number of rotatable bonds is 4. The lowest BCUT2D eigenvalue weighted by molar-refractivity contribution is 0.420. The zero-order valence-electron chi connectivity index (χ0n) is 12.3. The van der Waals surface area contributed by atoms with Gasteiger partial charge in [-0.1, -0.05) is 55.5 Å². The van der Waals surface area contributed by atoms with E-state index in [0.29, 0.717) is 6.04 Å². The van der Waals surface area contributed by atoms with Gasteiger partial charge >= 0.3 is 0 Å². The van der Waals surface area contributed by atoms with E-state index in [9.17, 15) is 0 Å². The molecule has 1 aromatic rings. The SMILES string of the molecule is CNC1CCCCCCC1SCc1cccc(C)c1. The molecule has 1 fully saturated rings. The lowest BCUT2D eigenvalue weighted by Crippen LogP contribution is -2.36. The molecule has 0 aliphatic heterocycles. The van der Waals surface area contributed by atoms with Gasteiger partial charge in [0.15, 0.2) is 0 Å². The first-order valence-corrected chi connectivity index (χ1v) is 8.69. The van der Waals surface area contributed by atoms with Crippen LogP contribution in [0.2, 0.25) is 0 Å². The van der Waals surface area contributed by atoms with E-state index in [1.54, 1.807) is 0 Å². The number of hydrogen-bond acceptors (Lipinski definition) is 2. The van der Waals surface area contributed by atoms with Gasteiger partial charge in [0, 0.05) is 17.0 Å². The van der Waals surface area contributed by atoms with Crippen LogP contribution in [0.15, 0.2) is 24.3 Å². The minimum Gasteiger partial charge on any atom is -0.316 e. The first kappa shape index (κ1) is 14.9. The monoisotopic (exact) mass is 277 g/mol. The van der Waals surface area contributed by atoms with Gasteiger partial charge in [-0.15, -0.1) is 0 Å². The summed E-state index contributed by atoms with van der Waals surface area (Å²) in [6.45, 7) is 2.18. The fourth-order valence-corrected chi connectivity index (χ4v) is 4.41. The second-order valence-corrected chi connectivity index (χ2v) is 6.95. The molecule has 2 rings (SSSR count). The summed E-state index contributed by atoms with van der Waals surface area (Å²) >= 11 is 2.15. The van der Waals surface area contributed by atoms with Gasteiger partial charge in [0.25, 0.3) is 0 Å². The van der Waals surface area contributed by atoms with Crippen molar-refractivity contribution < 1.29 is 0 Å². The molecule has 1 N–H and O–H groups in total. The largest absolute Gasteiger partial charge is 0.316 e. The Morgan fingerprint density at radius 1 is 1.16 bits per heavy atom. The summed E-state index contributed by atoms with van der Waals surface area (Å²) in [6, 6.07) is 9.65. The second-order valence-electron chi connectivity index (χ2n) is 5.73. The van der Waals surface area contributed by atoms with E-state index in [1.165, 1.54) is 49.7 Å². The van der Waals surface area contributed by atoms with E-state index in [0.717, 1.165) is 11.0 Å². The van der Waals surface area contributed by atoms with E-state index in [1.807, 2.05) is 0 Å². The fraction of sp³-hybridized carbons (Fsp3) is 0.647. The van der Waals surface area contributed by atoms with E-state index in [2.05, 4.69) is 55.3 Å². The molecule has 0 bridgehead atoms. The molecule has 0 spiro atoms. The number of nitrogens with one attached hydrogen (secondary N) is 1. The molecule has 0 aromatic heterocycles. The first-order chi connectivity index (χ1) is 9.29. The van der Waals surface area contributed by atoms with Crippen LogP contribution in [0.1, 0.15) is 49.7 Å². The third kappa shape index (κ3) is 4.85.